The maximum atomic E-state index is 10.9. The van der Waals surface area contributed by atoms with Gasteiger partial charge in [-0.25, -0.2) is 4.98 Å². The predicted molar refractivity (Wildman–Crippen MR) is 96.4 cm³/mol. The van der Waals surface area contributed by atoms with E-state index in [4.69, 9.17) is 4.98 Å². The second kappa shape index (κ2) is 6.84. The highest BCUT2D eigenvalue weighted by Gasteiger charge is 2.20. The van der Waals surface area contributed by atoms with Crippen LogP contribution in [0.2, 0.25) is 0 Å². The second-order valence-corrected chi connectivity index (χ2v) is 7.17. The van der Waals surface area contributed by atoms with Crippen molar-refractivity contribution in [3.63, 3.8) is 0 Å². The zero-order valence-electron chi connectivity index (χ0n) is 14.1. The highest BCUT2D eigenvalue weighted by atomic mass is 32.1. The minimum absolute atomic E-state index is 0.0452. The van der Waals surface area contributed by atoms with E-state index in [9.17, 15) is 4.79 Å². The molecule has 0 saturated carbocycles. The molecule has 0 spiro atoms. The van der Waals surface area contributed by atoms with Crippen LogP contribution >= 0.6 is 11.3 Å². The van der Waals surface area contributed by atoms with Gasteiger partial charge in [-0.3, -0.25) is 9.69 Å². The highest BCUT2D eigenvalue weighted by Crippen LogP contribution is 2.32. The number of thiazole rings is 1. The predicted octanol–water partition coefficient (Wildman–Crippen LogP) is 2.17. The van der Waals surface area contributed by atoms with Gasteiger partial charge in [-0.1, -0.05) is 17.4 Å². The van der Waals surface area contributed by atoms with Gasteiger partial charge in [-0.2, -0.15) is 0 Å². The molecule has 1 amide bonds. The first kappa shape index (κ1) is 16.2. The van der Waals surface area contributed by atoms with Crippen molar-refractivity contribution in [1.82, 2.24) is 15.2 Å². The number of aryl methyl sites for hydroxylation is 2. The molecule has 0 bridgehead atoms. The van der Waals surface area contributed by atoms with Crippen LogP contribution in [0, 0.1) is 13.8 Å². The number of rotatable bonds is 4. The molecule has 5 nitrogen and oxygen atoms in total. The number of fused-ring (bicyclic) bond motifs is 1. The van der Waals surface area contributed by atoms with Crippen molar-refractivity contribution in [3.05, 3.63) is 23.3 Å². The molecular weight excluding hydrogens is 308 g/mol. The number of piperazine rings is 1. The number of carbonyl (C=O) groups is 1. The molecule has 2 aromatic rings. The summed E-state index contributed by atoms with van der Waals surface area (Å²) < 4.78 is 1.27. The van der Waals surface area contributed by atoms with Crippen molar-refractivity contribution >= 4 is 32.6 Å². The van der Waals surface area contributed by atoms with Crippen LogP contribution in [-0.2, 0) is 4.79 Å². The van der Waals surface area contributed by atoms with E-state index >= 15 is 0 Å². The summed E-state index contributed by atoms with van der Waals surface area (Å²) in [4.78, 5) is 20.6. The lowest BCUT2D eigenvalue weighted by Gasteiger charge is -2.34. The van der Waals surface area contributed by atoms with Gasteiger partial charge in [0.15, 0.2) is 5.13 Å². The summed E-state index contributed by atoms with van der Waals surface area (Å²) in [5.41, 5.74) is 3.74. The Kier molecular flexibility index (Phi) is 4.82. The third-order valence-corrected chi connectivity index (χ3v) is 5.60. The van der Waals surface area contributed by atoms with E-state index in [2.05, 4.69) is 41.1 Å². The Morgan fingerprint density at radius 1 is 1.26 bits per heavy atom. The van der Waals surface area contributed by atoms with Crippen LogP contribution in [-0.4, -0.2) is 55.1 Å². The summed E-state index contributed by atoms with van der Waals surface area (Å²) in [7, 11) is 0. The summed E-state index contributed by atoms with van der Waals surface area (Å²) in [5.74, 6) is 0.0452. The van der Waals surface area contributed by atoms with E-state index in [1.165, 1.54) is 15.8 Å². The maximum absolute atomic E-state index is 10.9. The summed E-state index contributed by atoms with van der Waals surface area (Å²) in [6.45, 7) is 11.6. The molecule has 1 aliphatic rings. The van der Waals surface area contributed by atoms with Crippen molar-refractivity contribution < 1.29 is 4.79 Å². The first-order valence-electron chi connectivity index (χ1n) is 8.13. The van der Waals surface area contributed by atoms with Crippen molar-refractivity contribution in [1.29, 1.82) is 0 Å². The normalized spacial score (nSPS) is 16.0. The Morgan fingerprint density at radius 3 is 2.70 bits per heavy atom. The van der Waals surface area contributed by atoms with E-state index in [0.717, 1.165) is 49.9 Å². The number of amides is 1. The van der Waals surface area contributed by atoms with Crippen LogP contribution < -0.4 is 10.2 Å². The Morgan fingerprint density at radius 2 is 2.00 bits per heavy atom. The molecule has 124 valence electrons. The minimum atomic E-state index is 0.0452. The number of hydrogen-bond acceptors (Lipinski definition) is 5. The van der Waals surface area contributed by atoms with Gasteiger partial charge in [0.05, 0.1) is 10.2 Å². The zero-order valence-corrected chi connectivity index (χ0v) is 14.9. The van der Waals surface area contributed by atoms with Crippen molar-refractivity contribution in [3.8, 4) is 0 Å². The van der Waals surface area contributed by atoms with Gasteiger partial charge >= 0.3 is 0 Å². The molecule has 1 N–H and O–H groups in total. The number of hydrogen-bond donors (Lipinski definition) is 1. The molecule has 1 aromatic carbocycles. The third kappa shape index (κ3) is 3.64. The second-order valence-electron chi connectivity index (χ2n) is 6.16. The van der Waals surface area contributed by atoms with Gasteiger partial charge in [-0.05, 0) is 31.0 Å². The molecule has 0 atom stereocenters. The molecule has 6 heteroatoms. The van der Waals surface area contributed by atoms with Gasteiger partial charge in [0.25, 0.3) is 0 Å². The van der Waals surface area contributed by atoms with Crippen LogP contribution in [0.1, 0.15) is 18.1 Å². The monoisotopic (exact) mass is 332 g/mol. The van der Waals surface area contributed by atoms with Crippen LogP contribution in [0.3, 0.4) is 0 Å². The SMILES string of the molecule is CC(=O)NCCN1CCN(c2nc3c(C)c(C)ccc3s2)CC1. The van der Waals surface area contributed by atoms with Crippen molar-refractivity contribution in [2.45, 2.75) is 20.8 Å². The lowest BCUT2D eigenvalue weighted by atomic mass is 10.1. The fourth-order valence-electron chi connectivity index (χ4n) is 2.90. The lowest BCUT2D eigenvalue weighted by Crippen LogP contribution is -2.48. The van der Waals surface area contributed by atoms with E-state index in [1.807, 2.05) is 0 Å². The first-order chi connectivity index (χ1) is 11.0. The average molecular weight is 332 g/mol. The molecule has 1 saturated heterocycles. The van der Waals surface area contributed by atoms with Crippen molar-refractivity contribution in [2.75, 3.05) is 44.2 Å². The number of nitrogens with zero attached hydrogens (tertiary/aromatic N) is 3. The molecule has 2 heterocycles. The molecule has 1 fully saturated rings. The summed E-state index contributed by atoms with van der Waals surface area (Å²) in [6.07, 6.45) is 0. The maximum Gasteiger partial charge on any atom is 0.216 e. The lowest BCUT2D eigenvalue weighted by molar-refractivity contribution is -0.119. The topological polar surface area (TPSA) is 48.5 Å². The van der Waals surface area contributed by atoms with E-state index in [0.29, 0.717) is 0 Å². The Hall–Kier alpha value is -1.66. The van der Waals surface area contributed by atoms with Gasteiger partial charge in [0.1, 0.15) is 0 Å². The number of benzene rings is 1. The summed E-state index contributed by atoms with van der Waals surface area (Å²) in [5, 5.41) is 3.99. The molecular formula is C17H24N4OS. The number of nitrogens with one attached hydrogen (secondary N) is 1. The van der Waals surface area contributed by atoms with E-state index in [-0.39, 0.29) is 5.91 Å². The molecule has 3 rings (SSSR count). The van der Waals surface area contributed by atoms with Crippen LogP contribution in [0.4, 0.5) is 5.13 Å². The van der Waals surface area contributed by atoms with E-state index < -0.39 is 0 Å². The Bertz CT molecular complexity index is 704. The van der Waals surface area contributed by atoms with Gasteiger partial charge < -0.3 is 10.2 Å². The highest BCUT2D eigenvalue weighted by molar-refractivity contribution is 7.22. The Balaban J connectivity index is 1.61. The molecule has 0 aliphatic carbocycles. The average Bonchev–Trinajstić information content (AvgIpc) is 2.96. The number of carbonyl (C=O) groups excluding carboxylic acids is 1. The zero-order chi connectivity index (χ0) is 16.4. The van der Waals surface area contributed by atoms with Crippen LogP contribution in [0.15, 0.2) is 12.1 Å². The van der Waals surface area contributed by atoms with Crippen molar-refractivity contribution in [2.24, 2.45) is 0 Å². The number of anilines is 1. The fourth-order valence-corrected chi connectivity index (χ4v) is 3.98. The fraction of sp³-hybridized carbons (Fsp3) is 0.529. The minimum Gasteiger partial charge on any atom is -0.355 e. The number of aromatic nitrogens is 1. The van der Waals surface area contributed by atoms with Crippen LogP contribution in [0.5, 0.6) is 0 Å². The summed E-state index contributed by atoms with van der Waals surface area (Å²) in [6, 6.07) is 4.36. The molecule has 23 heavy (non-hydrogen) atoms. The van der Waals surface area contributed by atoms with Crippen LogP contribution in [0.25, 0.3) is 10.2 Å². The van der Waals surface area contributed by atoms with Gasteiger partial charge in [0.2, 0.25) is 5.91 Å². The first-order valence-corrected chi connectivity index (χ1v) is 8.95. The van der Waals surface area contributed by atoms with Gasteiger partial charge in [-0.15, -0.1) is 0 Å². The third-order valence-electron chi connectivity index (χ3n) is 4.52. The molecule has 0 radical (unpaired) electrons. The van der Waals surface area contributed by atoms with Gasteiger partial charge in [0, 0.05) is 46.2 Å². The quantitative estimate of drug-likeness (QED) is 0.932. The smallest absolute Gasteiger partial charge is 0.216 e. The molecule has 0 unspecified atom stereocenters. The molecule has 1 aliphatic heterocycles. The standard InChI is InChI=1S/C17H24N4OS/c1-12-4-5-15-16(13(12)2)19-17(23-15)21-10-8-20(9-11-21)7-6-18-14(3)22/h4-5H,6-11H2,1-3H3,(H,18,22). The molecule has 1 aromatic heterocycles. The Labute approximate surface area is 141 Å². The summed E-state index contributed by atoms with van der Waals surface area (Å²) >= 11 is 1.79. The largest absolute Gasteiger partial charge is 0.355 e. The van der Waals surface area contributed by atoms with E-state index in [1.54, 1.807) is 18.3 Å².